The minimum Gasteiger partial charge on any atom is -0.497 e. The smallest absolute Gasteiger partial charge is 0.331 e. The van der Waals surface area contributed by atoms with E-state index in [1.165, 1.54) is 6.08 Å². The fourth-order valence-electron chi connectivity index (χ4n) is 1.41. The maximum atomic E-state index is 11.4. The molecule has 0 fully saturated rings. The summed E-state index contributed by atoms with van der Waals surface area (Å²) in [5, 5.41) is 0. The molecule has 0 unspecified atom stereocenters. The summed E-state index contributed by atoms with van der Waals surface area (Å²) < 4.78 is 10.8. The molecule has 0 aliphatic heterocycles. The molecule has 4 heteroatoms. The Labute approximate surface area is 122 Å². The summed E-state index contributed by atoms with van der Waals surface area (Å²) in [7, 11) is -1.20. The SMILES string of the molecule is CC(C)OC(=O)/C=C/c1ccc(OC[Si](C)(C)C)cc1. The molecule has 0 amide bonds. The molecule has 0 atom stereocenters. The largest absolute Gasteiger partial charge is 0.497 e. The Bertz CT molecular complexity index is 456. The van der Waals surface area contributed by atoms with E-state index in [-0.39, 0.29) is 12.1 Å². The third kappa shape index (κ3) is 7.14. The highest BCUT2D eigenvalue weighted by Crippen LogP contribution is 2.15. The summed E-state index contributed by atoms with van der Waals surface area (Å²) in [5.41, 5.74) is 0.950. The van der Waals surface area contributed by atoms with Gasteiger partial charge in [-0.05, 0) is 37.6 Å². The Kier molecular flexibility index (Phi) is 6.01. The second-order valence-corrected chi connectivity index (χ2v) is 11.6. The molecule has 0 saturated carbocycles. The van der Waals surface area contributed by atoms with Crippen molar-refractivity contribution in [2.75, 3.05) is 6.23 Å². The van der Waals surface area contributed by atoms with Gasteiger partial charge in [-0.1, -0.05) is 31.8 Å². The van der Waals surface area contributed by atoms with Crippen molar-refractivity contribution in [2.24, 2.45) is 0 Å². The zero-order valence-corrected chi connectivity index (χ0v) is 14.0. The van der Waals surface area contributed by atoms with E-state index >= 15 is 0 Å². The number of carbonyl (C=O) groups is 1. The quantitative estimate of drug-likeness (QED) is 0.453. The van der Waals surface area contributed by atoms with Crippen LogP contribution in [0.25, 0.3) is 6.08 Å². The average Bonchev–Trinajstić information content (AvgIpc) is 2.33. The summed E-state index contributed by atoms with van der Waals surface area (Å²) in [5.74, 6) is 0.549. The van der Waals surface area contributed by atoms with Crippen LogP contribution in [0.1, 0.15) is 19.4 Å². The van der Waals surface area contributed by atoms with E-state index in [0.717, 1.165) is 17.5 Å². The second kappa shape index (κ2) is 7.29. The van der Waals surface area contributed by atoms with Crippen molar-refractivity contribution in [2.45, 2.75) is 39.6 Å². The first-order valence-corrected chi connectivity index (χ1v) is 10.6. The minimum absolute atomic E-state index is 0.0931. The van der Waals surface area contributed by atoms with Gasteiger partial charge in [0.1, 0.15) is 5.75 Å². The zero-order chi connectivity index (χ0) is 15.2. The maximum Gasteiger partial charge on any atom is 0.331 e. The molecule has 20 heavy (non-hydrogen) atoms. The molecule has 1 rings (SSSR count). The van der Waals surface area contributed by atoms with Gasteiger partial charge in [-0.3, -0.25) is 0 Å². The topological polar surface area (TPSA) is 35.5 Å². The number of esters is 1. The van der Waals surface area contributed by atoms with Crippen LogP contribution in [0.3, 0.4) is 0 Å². The Morgan fingerprint density at radius 2 is 1.80 bits per heavy atom. The molecule has 0 spiro atoms. The summed E-state index contributed by atoms with van der Waals surface area (Å²) in [6.45, 7) is 10.5. The number of benzene rings is 1. The van der Waals surface area contributed by atoms with Crippen molar-refractivity contribution in [1.29, 1.82) is 0 Å². The molecular formula is C16H24O3Si. The van der Waals surface area contributed by atoms with Gasteiger partial charge >= 0.3 is 5.97 Å². The van der Waals surface area contributed by atoms with Gasteiger partial charge in [0, 0.05) is 6.08 Å². The van der Waals surface area contributed by atoms with Crippen LogP contribution in [0.15, 0.2) is 30.3 Å². The predicted octanol–water partition coefficient (Wildman–Crippen LogP) is 3.91. The first-order chi connectivity index (χ1) is 9.26. The van der Waals surface area contributed by atoms with Gasteiger partial charge in [-0.15, -0.1) is 0 Å². The summed E-state index contributed by atoms with van der Waals surface area (Å²) in [6.07, 6.45) is 3.90. The third-order valence-corrected chi connectivity index (χ3v) is 3.33. The molecular weight excluding hydrogens is 268 g/mol. The second-order valence-electron chi connectivity index (χ2n) is 6.24. The lowest BCUT2D eigenvalue weighted by Gasteiger charge is -2.16. The van der Waals surface area contributed by atoms with Crippen LogP contribution in [-0.2, 0) is 9.53 Å². The van der Waals surface area contributed by atoms with E-state index in [1.807, 2.05) is 38.1 Å². The van der Waals surface area contributed by atoms with E-state index in [2.05, 4.69) is 19.6 Å². The first kappa shape index (κ1) is 16.5. The van der Waals surface area contributed by atoms with E-state index in [4.69, 9.17) is 9.47 Å². The van der Waals surface area contributed by atoms with Crippen LogP contribution >= 0.6 is 0 Å². The van der Waals surface area contributed by atoms with Crippen molar-refractivity contribution < 1.29 is 14.3 Å². The van der Waals surface area contributed by atoms with Crippen LogP contribution < -0.4 is 4.74 Å². The highest BCUT2D eigenvalue weighted by Gasteiger charge is 2.13. The summed E-state index contributed by atoms with van der Waals surface area (Å²) >= 11 is 0. The van der Waals surface area contributed by atoms with Crippen molar-refractivity contribution in [3.63, 3.8) is 0 Å². The molecule has 0 radical (unpaired) electrons. The Morgan fingerprint density at radius 1 is 1.20 bits per heavy atom. The molecule has 0 saturated heterocycles. The highest BCUT2D eigenvalue weighted by atomic mass is 28.3. The number of hydrogen-bond donors (Lipinski definition) is 0. The standard InChI is InChI=1S/C16H24O3Si/c1-13(2)19-16(17)11-8-14-6-9-15(10-7-14)18-12-20(3,4)5/h6-11,13H,12H2,1-5H3/b11-8+. The predicted molar refractivity (Wildman–Crippen MR) is 85.5 cm³/mol. The number of ether oxygens (including phenoxy) is 2. The fraction of sp³-hybridized carbons (Fsp3) is 0.438. The van der Waals surface area contributed by atoms with Gasteiger partial charge in [0.05, 0.1) is 20.4 Å². The molecule has 3 nitrogen and oxygen atoms in total. The van der Waals surface area contributed by atoms with Crippen molar-refractivity contribution in [3.05, 3.63) is 35.9 Å². The summed E-state index contributed by atoms with van der Waals surface area (Å²) in [4.78, 5) is 11.4. The Morgan fingerprint density at radius 3 is 2.30 bits per heavy atom. The molecule has 1 aromatic rings. The molecule has 0 N–H and O–H groups in total. The fourth-order valence-corrected chi connectivity index (χ4v) is 2.01. The normalized spacial score (nSPS) is 11.9. The van der Waals surface area contributed by atoms with Gasteiger partial charge in [-0.2, -0.15) is 0 Å². The molecule has 0 aliphatic rings. The summed E-state index contributed by atoms with van der Waals surface area (Å²) in [6, 6.07) is 7.71. The van der Waals surface area contributed by atoms with Crippen molar-refractivity contribution in [3.8, 4) is 5.75 Å². The van der Waals surface area contributed by atoms with Crippen LogP contribution in [0.2, 0.25) is 19.6 Å². The van der Waals surface area contributed by atoms with Crippen molar-refractivity contribution in [1.82, 2.24) is 0 Å². The molecule has 0 bridgehead atoms. The highest BCUT2D eigenvalue weighted by molar-refractivity contribution is 6.76. The number of carbonyl (C=O) groups excluding carboxylic acids is 1. The molecule has 0 heterocycles. The van der Waals surface area contributed by atoms with E-state index in [0.29, 0.717) is 0 Å². The third-order valence-electron chi connectivity index (χ3n) is 2.32. The molecule has 0 aromatic heterocycles. The van der Waals surface area contributed by atoms with Crippen LogP contribution in [-0.4, -0.2) is 26.4 Å². The number of rotatable bonds is 6. The van der Waals surface area contributed by atoms with Gasteiger partial charge in [0.25, 0.3) is 0 Å². The van der Waals surface area contributed by atoms with Gasteiger partial charge < -0.3 is 9.47 Å². The van der Waals surface area contributed by atoms with Crippen LogP contribution in [0.4, 0.5) is 0 Å². The van der Waals surface area contributed by atoms with Crippen LogP contribution in [0.5, 0.6) is 5.75 Å². The van der Waals surface area contributed by atoms with Gasteiger partial charge in [-0.25, -0.2) is 4.79 Å². The number of hydrogen-bond acceptors (Lipinski definition) is 3. The Balaban J connectivity index is 2.54. The maximum absolute atomic E-state index is 11.4. The lowest BCUT2D eigenvalue weighted by Crippen LogP contribution is -2.29. The first-order valence-electron chi connectivity index (χ1n) is 6.88. The monoisotopic (exact) mass is 292 g/mol. The van der Waals surface area contributed by atoms with E-state index in [1.54, 1.807) is 6.08 Å². The van der Waals surface area contributed by atoms with E-state index in [9.17, 15) is 4.79 Å². The minimum atomic E-state index is -1.20. The lowest BCUT2D eigenvalue weighted by atomic mass is 10.2. The zero-order valence-electron chi connectivity index (χ0n) is 13.0. The Hall–Kier alpha value is -1.55. The molecule has 110 valence electrons. The lowest BCUT2D eigenvalue weighted by molar-refractivity contribution is -0.141. The molecule has 1 aromatic carbocycles. The molecule has 0 aliphatic carbocycles. The average molecular weight is 292 g/mol. The van der Waals surface area contributed by atoms with Crippen molar-refractivity contribution >= 4 is 20.1 Å². The van der Waals surface area contributed by atoms with E-state index < -0.39 is 8.07 Å². The van der Waals surface area contributed by atoms with Gasteiger partial charge in [0.15, 0.2) is 0 Å². The van der Waals surface area contributed by atoms with Crippen LogP contribution in [0, 0.1) is 0 Å². The van der Waals surface area contributed by atoms with Gasteiger partial charge in [0.2, 0.25) is 0 Å².